The lowest BCUT2D eigenvalue weighted by Crippen LogP contribution is -2.38. The van der Waals surface area contributed by atoms with E-state index in [9.17, 15) is 0 Å². The Kier molecular flexibility index (Phi) is 8.80. The number of aryl methyl sites for hydroxylation is 1. The summed E-state index contributed by atoms with van der Waals surface area (Å²) in [5.41, 5.74) is 22.6. The van der Waals surface area contributed by atoms with Gasteiger partial charge in [-0.1, -0.05) is 216 Å². The summed E-state index contributed by atoms with van der Waals surface area (Å²) in [6, 6.07) is 78.0. The van der Waals surface area contributed by atoms with E-state index in [0.717, 1.165) is 5.69 Å². The maximum Gasteiger partial charge on any atom is 0.205 e. The summed E-state index contributed by atoms with van der Waals surface area (Å²) in [5.74, 6) is 0.343. The van der Waals surface area contributed by atoms with Crippen LogP contribution in [0.3, 0.4) is 0 Å². The average Bonchev–Trinajstić information content (AvgIpc) is 4.06. The van der Waals surface area contributed by atoms with Gasteiger partial charge in [-0.3, -0.25) is 4.98 Å². The maximum atomic E-state index is 5.36. The van der Waals surface area contributed by atoms with Gasteiger partial charge >= 0.3 is 0 Å². The fourth-order valence-electron chi connectivity index (χ4n) is 12.9. The minimum atomic E-state index is -0.700. The lowest BCUT2D eigenvalue weighted by molar-refractivity contribution is -0.681. The van der Waals surface area contributed by atoms with Gasteiger partial charge in [0, 0.05) is 22.9 Å². The van der Waals surface area contributed by atoms with E-state index in [4.69, 9.17) is 4.98 Å². The van der Waals surface area contributed by atoms with Gasteiger partial charge in [0.15, 0.2) is 5.54 Å². The lowest BCUT2D eigenvalue weighted by atomic mass is 9.64. The van der Waals surface area contributed by atoms with Gasteiger partial charge in [0.2, 0.25) is 6.33 Å². The second kappa shape index (κ2) is 14.8. The largest absolute Gasteiger partial charge is 0.351 e. The molecule has 2 heterocycles. The Balaban J connectivity index is 1.14. The molecule has 0 fully saturated rings. The first-order chi connectivity index (χ1) is 33.3. The molecule has 0 saturated carbocycles. The highest BCUT2D eigenvalue weighted by Crippen LogP contribution is 2.61. The number of imidazole rings is 1. The molecule has 3 heteroatoms. The van der Waals surface area contributed by atoms with E-state index in [-0.39, 0.29) is 0 Å². The fraction of sp³-hybridized carbons (Fsp3) is 0.138. The molecule has 8 aromatic carbocycles. The van der Waals surface area contributed by atoms with Crippen molar-refractivity contribution in [3.8, 4) is 33.4 Å². The van der Waals surface area contributed by atoms with Crippen molar-refractivity contribution in [1.82, 2.24) is 9.55 Å². The van der Waals surface area contributed by atoms with Crippen molar-refractivity contribution in [2.45, 2.75) is 50.0 Å². The van der Waals surface area contributed by atoms with Crippen LogP contribution < -0.4 is 4.57 Å². The zero-order valence-electron chi connectivity index (χ0n) is 39.1. The topological polar surface area (TPSA) is 21.7 Å². The van der Waals surface area contributed by atoms with E-state index in [2.05, 4.69) is 256 Å². The highest BCUT2D eigenvalue weighted by molar-refractivity contribution is 5.89. The van der Waals surface area contributed by atoms with Crippen LogP contribution in [-0.2, 0) is 23.4 Å². The number of hydrogen-bond donors (Lipinski definition) is 0. The van der Waals surface area contributed by atoms with Crippen LogP contribution in [0.15, 0.2) is 212 Å². The molecule has 3 aliphatic carbocycles. The number of benzene rings is 8. The third kappa shape index (κ3) is 5.14. The minimum Gasteiger partial charge on any atom is -0.351 e. The molecule has 0 saturated heterocycles. The molecular formula is C65H51N3. The fourth-order valence-corrected chi connectivity index (χ4v) is 12.9. The molecule has 0 N–H and O–H groups in total. The molecule has 0 spiro atoms. The Morgan fingerprint density at radius 3 is 1.26 bits per heavy atom. The van der Waals surface area contributed by atoms with Crippen molar-refractivity contribution in [3.63, 3.8) is 0 Å². The van der Waals surface area contributed by atoms with Gasteiger partial charge in [0.1, 0.15) is 0 Å². The smallest absolute Gasteiger partial charge is 0.205 e. The molecule has 13 rings (SSSR count). The van der Waals surface area contributed by atoms with Gasteiger partial charge in [-0.15, -0.1) is 0 Å². The van der Waals surface area contributed by atoms with Crippen LogP contribution in [0.1, 0.15) is 98.0 Å². The van der Waals surface area contributed by atoms with E-state index in [1.807, 2.05) is 6.20 Å². The van der Waals surface area contributed by atoms with Crippen molar-refractivity contribution >= 4 is 0 Å². The quantitative estimate of drug-likeness (QED) is 0.115. The molecule has 0 unspecified atom stereocenters. The second-order valence-electron chi connectivity index (χ2n) is 19.4. The van der Waals surface area contributed by atoms with Crippen molar-refractivity contribution in [2.24, 2.45) is 7.05 Å². The molecule has 0 bridgehead atoms. The summed E-state index contributed by atoms with van der Waals surface area (Å²) in [6.45, 7) is 9.01. The first kappa shape index (κ1) is 40.4. The Hall–Kier alpha value is -7.88. The molecule has 0 radical (unpaired) electrons. The average molecular weight is 874 g/mol. The third-order valence-corrected chi connectivity index (χ3v) is 16.1. The summed E-state index contributed by atoms with van der Waals surface area (Å²) in [7, 11) is 2.12. The predicted molar refractivity (Wildman–Crippen MR) is 274 cm³/mol. The zero-order chi connectivity index (χ0) is 45.9. The van der Waals surface area contributed by atoms with Crippen LogP contribution in [0.25, 0.3) is 33.4 Å². The number of fused-ring (bicyclic) bond motifs is 9. The van der Waals surface area contributed by atoms with Crippen molar-refractivity contribution < 1.29 is 4.57 Å². The van der Waals surface area contributed by atoms with Gasteiger partial charge in [-0.2, -0.15) is 0 Å². The molecule has 3 aliphatic rings. The first-order valence-electron chi connectivity index (χ1n) is 24.0. The summed E-state index contributed by atoms with van der Waals surface area (Å²) in [5, 5.41) is 0. The molecule has 68 heavy (non-hydrogen) atoms. The number of aromatic nitrogens is 3. The van der Waals surface area contributed by atoms with Gasteiger partial charge in [0.05, 0.1) is 23.6 Å². The highest BCUT2D eigenvalue weighted by atomic mass is 15.2. The van der Waals surface area contributed by atoms with Gasteiger partial charge in [-0.25, -0.2) is 0 Å². The molecular weight excluding hydrogens is 823 g/mol. The maximum absolute atomic E-state index is 5.36. The van der Waals surface area contributed by atoms with Crippen LogP contribution in [0.5, 0.6) is 0 Å². The van der Waals surface area contributed by atoms with E-state index in [1.54, 1.807) is 0 Å². The summed E-state index contributed by atoms with van der Waals surface area (Å²) in [6.07, 6.45) is 5.87. The van der Waals surface area contributed by atoms with Gasteiger partial charge in [0.25, 0.3) is 0 Å². The molecule has 3 nitrogen and oxygen atoms in total. The Morgan fingerprint density at radius 2 is 0.824 bits per heavy atom. The predicted octanol–water partition coefficient (Wildman–Crippen LogP) is 13.8. The van der Waals surface area contributed by atoms with Crippen LogP contribution in [0, 0.1) is 20.2 Å². The molecule has 0 aliphatic heterocycles. The Morgan fingerprint density at radius 1 is 0.441 bits per heavy atom. The van der Waals surface area contributed by atoms with Crippen molar-refractivity contribution in [1.29, 1.82) is 0 Å². The molecule has 10 aromatic rings. The molecule has 326 valence electrons. The summed E-state index contributed by atoms with van der Waals surface area (Å²) >= 11 is 0. The SMILES string of the molecule is Cc1c(C)[n+](C)[c-]n1C1(c2cccc(C3(c4cccc(C5(c6cc(C(C)C)ccn6)c6ccccc6-c6ccccc65)c4)c4ccccc4-c4ccccc43)c2)c2ccccc2-c2ccccc21. The Labute approximate surface area is 399 Å². The second-order valence-corrected chi connectivity index (χ2v) is 19.4. The van der Waals surface area contributed by atoms with Crippen molar-refractivity contribution in [2.75, 3.05) is 0 Å². The molecule has 0 amide bonds. The van der Waals surface area contributed by atoms with Crippen LogP contribution in [-0.4, -0.2) is 9.55 Å². The van der Waals surface area contributed by atoms with Crippen LogP contribution >= 0.6 is 0 Å². The van der Waals surface area contributed by atoms with Gasteiger partial charge < -0.3 is 9.13 Å². The molecule has 2 aromatic heterocycles. The van der Waals surface area contributed by atoms with E-state index < -0.39 is 16.4 Å². The van der Waals surface area contributed by atoms with Crippen LogP contribution in [0.2, 0.25) is 0 Å². The minimum absolute atomic E-state index is 0.343. The number of pyridine rings is 1. The Bertz CT molecular complexity index is 3540. The van der Waals surface area contributed by atoms with E-state index in [1.165, 1.54) is 106 Å². The third-order valence-electron chi connectivity index (χ3n) is 16.1. The lowest BCUT2D eigenvalue weighted by Gasteiger charge is -2.38. The monoisotopic (exact) mass is 873 g/mol. The summed E-state index contributed by atoms with van der Waals surface area (Å²) < 4.78 is 4.58. The number of rotatable bonds is 7. The van der Waals surface area contributed by atoms with E-state index >= 15 is 0 Å². The van der Waals surface area contributed by atoms with Crippen LogP contribution in [0.4, 0.5) is 0 Å². The molecule has 0 atom stereocenters. The normalized spacial score (nSPS) is 15.0. The van der Waals surface area contributed by atoms with E-state index in [0.29, 0.717) is 5.92 Å². The zero-order valence-corrected chi connectivity index (χ0v) is 39.1. The number of hydrogen-bond acceptors (Lipinski definition) is 1. The number of nitrogens with zero attached hydrogens (tertiary/aromatic N) is 3. The first-order valence-corrected chi connectivity index (χ1v) is 24.0. The van der Waals surface area contributed by atoms with Crippen molar-refractivity contribution in [3.05, 3.63) is 297 Å². The summed E-state index contributed by atoms with van der Waals surface area (Å²) in [4.78, 5) is 5.36. The van der Waals surface area contributed by atoms with Gasteiger partial charge in [-0.05, 0) is 113 Å². The highest BCUT2D eigenvalue weighted by Gasteiger charge is 2.53. The standard InChI is InChI=1S/C65H51N3/c1-42(2)45-36-37-66-62(38-45)64(58-32-14-8-26-52(58)53-27-9-15-33-59(53)64)48-22-18-20-46(39-48)63(56-30-12-6-24-50(56)51-25-7-13-31-57(51)63)47-21-19-23-49(40-47)65(68-41-67(5)43(3)44(68)4)60-34-16-10-28-54(60)55-29-11-17-35-61(55)65/h6-40,42H,1-5H3.